The summed E-state index contributed by atoms with van der Waals surface area (Å²) >= 11 is 0. The molecule has 2 aromatic rings. The Kier molecular flexibility index (Phi) is 4.87. The molecule has 3 heteroatoms. The van der Waals surface area contributed by atoms with Crippen LogP contribution in [-0.4, -0.2) is 20.3 Å². The van der Waals surface area contributed by atoms with Crippen LogP contribution in [0, 0.1) is 0 Å². The Morgan fingerprint density at radius 1 is 1.09 bits per heavy atom. The minimum atomic E-state index is 0.407. The van der Waals surface area contributed by atoms with Crippen molar-refractivity contribution >= 4 is 0 Å². The van der Waals surface area contributed by atoms with Crippen LogP contribution in [0.5, 0.6) is 11.5 Å². The summed E-state index contributed by atoms with van der Waals surface area (Å²) in [7, 11) is 3.35. The summed E-state index contributed by atoms with van der Waals surface area (Å²) in [5, 5.41) is 3.78. The average Bonchev–Trinajstić information content (AvgIpc) is 2.97. The number of nitrogens with one attached hydrogen (secondary N) is 1. The zero-order chi connectivity index (χ0) is 16.2. The van der Waals surface area contributed by atoms with Gasteiger partial charge in [-0.2, -0.15) is 0 Å². The van der Waals surface area contributed by atoms with Crippen LogP contribution in [0.25, 0.3) is 0 Å². The van der Waals surface area contributed by atoms with Gasteiger partial charge in [0.15, 0.2) is 11.5 Å². The van der Waals surface area contributed by atoms with E-state index < -0.39 is 0 Å². The van der Waals surface area contributed by atoms with E-state index in [2.05, 4.69) is 48.6 Å². The van der Waals surface area contributed by atoms with Gasteiger partial charge in [-0.15, -0.1) is 0 Å². The Morgan fingerprint density at radius 3 is 2.65 bits per heavy atom. The van der Waals surface area contributed by atoms with Gasteiger partial charge in [0.2, 0.25) is 0 Å². The number of methoxy groups -OCH3 is 2. The fraction of sp³-hybridized carbons (Fsp3) is 0.400. The highest BCUT2D eigenvalue weighted by molar-refractivity contribution is 5.43. The van der Waals surface area contributed by atoms with Crippen LogP contribution in [0.2, 0.25) is 0 Å². The predicted octanol–water partition coefficient (Wildman–Crippen LogP) is 3.91. The third kappa shape index (κ3) is 3.50. The fourth-order valence-corrected chi connectivity index (χ4v) is 3.49. The zero-order valence-corrected chi connectivity index (χ0v) is 14.1. The molecule has 0 saturated carbocycles. The van der Waals surface area contributed by atoms with E-state index in [4.69, 9.17) is 9.47 Å². The maximum Gasteiger partial charge on any atom is 0.160 e. The van der Waals surface area contributed by atoms with Crippen molar-refractivity contribution in [2.24, 2.45) is 0 Å². The average molecular weight is 311 g/mol. The van der Waals surface area contributed by atoms with Crippen molar-refractivity contribution in [3.63, 3.8) is 0 Å². The maximum absolute atomic E-state index is 5.39. The smallest absolute Gasteiger partial charge is 0.160 e. The molecule has 1 N–H and O–H groups in total. The number of hydrogen-bond acceptors (Lipinski definition) is 3. The van der Waals surface area contributed by atoms with E-state index in [1.165, 1.54) is 29.5 Å². The fourth-order valence-electron chi connectivity index (χ4n) is 3.49. The van der Waals surface area contributed by atoms with Gasteiger partial charge in [-0.05, 0) is 55.0 Å². The second-order valence-electron chi connectivity index (χ2n) is 6.25. The minimum Gasteiger partial charge on any atom is -0.493 e. The van der Waals surface area contributed by atoms with Crippen molar-refractivity contribution in [2.45, 2.75) is 38.3 Å². The van der Waals surface area contributed by atoms with Crippen LogP contribution in [0.1, 0.15) is 36.1 Å². The van der Waals surface area contributed by atoms with Gasteiger partial charge in [0, 0.05) is 12.1 Å². The Hall–Kier alpha value is -2.00. The zero-order valence-electron chi connectivity index (χ0n) is 14.1. The quantitative estimate of drug-likeness (QED) is 0.877. The van der Waals surface area contributed by atoms with Gasteiger partial charge in [-0.25, -0.2) is 0 Å². The molecule has 2 unspecified atom stereocenters. The van der Waals surface area contributed by atoms with Gasteiger partial charge in [-0.3, -0.25) is 0 Å². The lowest BCUT2D eigenvalue weighted by Gasteiger charge is -2.21. The lowest BCUT2D eigenvalue weighted by molar-refractivity contribution is 0.354. The van der Waals surface area contributed by atoms with Crippen molar-refractivity contribution in [3.8, 4) is 11.5 Å². The number of fused-ring (bicyclic) bond motifs is 1. The molecule has 122 valence electrons. The van der Waals surface area contributed by atoms with Crippen LogP contribution in [0.3, 0.4) is 0 Å². The Balaban J connectivity index is 1.65. The summed E-state index contributed by atoms with van der Waals surface area (Å²) < 4.78 is 10.7. The SMILES string of the molecule is COc1ccc(CC(C)NC2CCc3ccccc32)cc1OC. The standard InChI is InChI=1S/C20H25NO2/c1-14(12-15-8-11-19(22-2)20(13-15)23-3)21-18-10-9-16-6-4-5-7-17(16)18/h4-8,11,13-14,18,21H,9-10,12H2,1-3H3. The Labute approximate surface area is 138 Å². The van der Waals surface area contributed by atoms with E-state index in [0.717, 1.165) is 17.9 Å². The van der Waals surface area contributed by atoms with E-state index in [-0.39, 0.29) is 0 Å². The number of ether oxygens (including phenoxy) is 2. The van der Waals surface area contributed by atoms with Crippen molar-refractivity contribution in [1.82, 2.24) is 5.32 Å². The number of aryl methyl sites for hydroxylation is 1. The Morgan fingerprint density at radius 2 is 1.87 bits per heavy atom. The molecule has 1 aliphatic carbocycles. The largest absolute Gasteiger partial charge is 0.493 e. The van der Waals surface area contributed by atoms with Crippen LogP contribution in [0.4, 0.5) is 0 Å². The predicted molar refractivity (Wildman–Crippen MR) is 93.4 cm³/mol. The first kappa shape index (κ1) is 15.9. The first-order valence-electron chi connectivity index (χ1n) is 8.26. The normalized spacial score (nSPS) is 17.6. The van der Waals surface area contributed by atoms with E-state index in [9.17, 15) is 0 Å². The third-order valence-corrected chi connectivity index (χ3v) is 4.61. The molecule has 0 aliphatic heterocycles. The van der Waals surface area contributed by atoms with Gasteiger partial charge in [0.1, 0.15) is 0 Å². The highest BCUT2D eigenvalue weighted by Gasteiger charge is 2.23. The molecular formula is C20H25NO2. The monoisotopic (exact) mass is 311 g/mol. The molecule has 3 nitrogen and oxygen atoms in total. The summed E-state index contributed by atoms with van der Waals surface area (Å²) in [4.78, 5) is 0. The molecule has 0 aromatic heterocycles. The molecule has 1 aliphatic rings. The lowest BCUT2D eigenvalue weighted by Crippen LogP contribution is -2.31. The van der Waals surface area contributed by atoms with Crippen LogP contribution in [0.15, 0.2) is 42.5 Å². The van der Waals surface area contributed by atoms with Crippen LogP contribution < -0.4 is 14.8 Å². The van der Waals surface area contributed by atoms with E-state index in [0.29, 0.717) is 12.1 Å². The van der Waals surface area contributed by atoms with Gasteiger partial charge < -0.3 is 14.8 Å². The van der Waals surface area contributed by atoms with E-state index >= 15 is 0 Å². The first-order chi connectivity index (χ1) is 11.2. The topological polar surface area (TPSA) is 30.5 Å². The third-order valence-electron chi connectivity index (χ3n) is 4.61. The highest BCUT2D eigenvalue weighted by Crippen LogP contribution is 2.32. The molecule has 0 fully saturated rings. The van der Waals surface area contributed by atoms with Crippen molar-refractivity contribution in [2.75, 3.05) is 14.2 Å². The van der Waals surface area contributed by atoms with E-state index in [1.54, 1.807) is 14.2 Å². The van der Waals surface area contributed by atoms with Crippen molar-refractivity contribution in [1.29, 1.82) is 0 Å². The molecule has 2 atom stereocenters. The molecule has 0 bridgehead atoms. The molecule has 2 aromatic carbocycles. The first-order valence-corrected chi connectivity index (χ1v) is 8.26. The number of rotatable bonds is 6. The van der Waals surface area contributed by atoms with Gasteiger partial charge in [0.25, 0.3) is 0 Å². The summed E-state index contributed by atoms with van der Waals surface area (Å²) in [6, 6.07) is 15.8. The summed E-state index contributed by atoms with van der Waals surface area (Å²) in [6.07, 6.45) is 3.34. The second-order valence-corrected chi connectivity index (χ2v) is 6.25. The highest BCUT2D eigenvalue weighted by atomic mass is 16.5. The molecule has 3 rings (SSSR count). The molecule has 0 radical (unpaired) electrons. The van der Waals surface area contributed by atoms with Crippen LogP contribution in [-0.2, 0) is 12.8 Å². The molecule has 0 spiro atoms. The Bertz CT molecular complexity index is 668. The molecular weight excluding hydrogens is 286 g/mol. The summed E-state index contributed by atoms with van der Waals surface area (Å²) in [6.45, 7) is 2.25. The minimum absolute atomic E-state index is 0.407. The van der Waals surface area contributed by atoms with Gasteiger partial charge in [-0.1, -0.05) is 30.3 Å². The molecule has 23 heavy (non-hydrogen) atoms. The molecule has 0 saturated heterocycles. The van der Waals surface area contributed by atoms with Gasteiger partial charge >= 0.3 is 0 Å². The van der Waals surface area contributed by atoms with Crippen molar-refractivity contribution in [3.05, 3.63) is 59.2 Å². The van der Waals surface area contributed by atoms with Crippen LogP contribution >= 0.6 is 0 Å². The molecule has 0 heterocycles. The van der Waals surface area contributed by atoms with Gasteiger partial charge in [0.05, 0.1) is 14.2 Å². The summed E-state index contributed by atoms with van der Waals surface area (Å²) in [5.41, 5.74) is 4.21. The number of benzene rings is 2. The number of hydrogen-bond donors (Lipinski definition) is 1. The lowest BCUT2D eigenvalue weighted by atomic mass is 10.0. The van der Waals surface area contributed by atoms with Crippen molar-refractivity contribution < 1.29 is 9.47 Å². The van der Waals surface area contributed by atoms with E-state index in [1.807, 2.05) is 6.07 Å². The second kappa shape index (κ2) is 7.05. The maximum atomic E-state index is 5.39. The summed E-state index contributed by atoms with van der Waals surface area (Å²) in [5.74, 6) is 1.57. The molecule has 0 amide bonds.